The van der Waals surface area contributed by atoms with E-state index in [9.17, 15) is 9.59 Å². The summed E-state index contributed by atoms with van der Waals surface area (Å²) in [5.41, 5.74) is 1.32. The van der Waals surface area contributed by atoms with Crippen LogP contribution in [0.2, 0.25) is 0 Å². The van der Waals surface area contributed by atoms with Gasteiger partial charge in [-0.15, -0.1) is 0 Å². The van der Waals surface area contributed by atoms with Crippen LogP contribution in [-0.4, -0.2) is 17.4 Å². The summed E-state index contributed by atoms with van der Waals surface area (Å²) in [5.74, 6) is 2.08. The van der Waals surface area contributed by atoms with Gasteiger partial charge in [0.1, 0.15) is 5.60 Å². The van der Waals surface area contributed by atoms with E-state index < -0.39 is 0 Å². The first-order valence-corrected chi connectivity index (χ1v) is 10.0. The number of rotatable bonds is 0. The number of carbonyl (C=O) groups excluding carboxylic acids is 2. The van der Waals surface area contributed by atoms with E-state index >= 15 is 0 Å². The van der Waals surface area contributed by atoms with Gasteiger partial charge < -0.3 is 4.74 Å². The van der Waals surface area contributed by atoms with Crippen molar-refractivity contribution in [1.29, 1.82) is 0 Å². The van der Waals surface area contributed by atoms with E-state index in [-0.39, 0.29) is 28.2 Å². The van der Waals surface area contributed by atoms with Crippen LogP contribution in [-0.2, 0) is 14.3 Å². The molecule has 4 aliphatic carbocycles. The lowest BCUT2D eigenvalue weighted by molar-refractivity contribution is -0.165. The second-order valence-corrected chi connectivity index (χ2v) is 9.60. The summed E-state index contributed by atoms with van der Waals surface area (Å²) in [4.78, 5) is 23.8. The molecule has 0 amide bonds. The monoisotopic (exact) mass is 340 g/mol. The fraction of sp³-hybridized carbons (Fsp3) is 0.727. The van der Waals surface area contributed by atoms with Gasteiger partial charge in [-0.1, -0.05) is 26.0 Å². The molecule has 3 heteroatoms. The van der Waals surface area contributed by atoms with Gasteiger partial charge in [-0.2, -0.15) is 0 Å². The molecule has 2 saturated carbocycles. The van der Waals surface area contributed by atoms with E-state index in [1.807, 2.05) is 6.08 Å². The van der Waals surface area contributed by atoms with Crippen molar-refractivity contribution in [2.75, 3.05) is 0 Å². The third-order valence-corrected chi connectivity index (χ3v) is 8.85. The largest absolute Gasteiger partial charge is 0.458 e. The molecule has 1 spiro atoms. The molecule has 3 nitrogen and oxygen atoms in total. The molecule has 1 aliphatic heterocycles. The second-order valence-electron chi connectivity index (χ2n) is 9.60. The number of ketones is 1. The Morgan fingerprint density at radius 3 is 2.56 bits per heavy atom. The van der Waals surface area contributed by atoms with Crippen LogP contribution in [0.25, 0.3) is 0 Å². The van der Waals surface area contributed by atoms with Crippen molar-refractivity contribution in [2.24, 2.45) is 28.6 Å². The molecule has 5 aliphatic rings. The molecule has 25 heavy (non-hydrogen) atoms. The highest BCUT2D eigenvalue weighted by Gasteiger charge is 2.66. The summed E-state index contributed by atoms with van der Waals surface area (Å²) in [7, 11) is 0. The van der Waals surface area contributed by atoms with Crippen molar-refractivity contribution in [3.63, 3.8) is 0 Å². The van der Waals surface area contributed by atoms with E-state index in [0.717, 1.165) is 25.7 Å². The normalized spacial score (nSPS) is 51.0. The molecule has 0 aromatic carbocycles. The average molecular weight is 340 g/mol. The van der Waals surface area contributed by atoms with E-state index in [1.54, 1.807) is 0 Å². The predicted octanol–water partition coefficient (Wildman–Crippen LogP) is 4.37. The number of fused-ring (bicyclic) bond motifs is 6. The van der Waals surface area contributed by atoms with Crippen molar-refractivity contribution in [1.82, 2.24) is 0 Å². The highest BCUT2D eigenvalue weighted by atomic mass is 16.6. The van der Waals surface area contributed by atoms with Gasteiger partial charge in [0.25, 0.3) is 0 Å². The van der Waals surface area contributed by atoms with Crippen molar-refractivity contribution in [3.05, 3.63) is 23.8 Å². The fourth-order valence-electron chi connectivity index (χ4n) is 7.29. The minimum atomic E-state index is -0.201. The maximum Gasteiger partial charge on any atom is 0.306 e. The Morgan fingerprint density at radius 2 is 1.80 bits per heavy atom. The van der Waals surface area contributed by atoms with E-state index in [4.69, 9.17) is 4.74 Å². The Morgan fingerprint density at radius 1 is 1.00 bits per heavy atom. The zero-order chi connectivity index (χ0) is 17.4. The molecular weight excluding hydrogens is 312 g/mol. The Balaban J connectivity index is 1.53. The Hall–Kier alpha value is -1.38. The summed E-state index contributed by atoms with van der Waals surface area (Å²) in [5, 5.41) is 0. The molecule has 0 aromatic heterocycles. The fourth-order valence-corrected chi connectivity index (χ4v) is 7.29. The van der Waals surface area contributed by atoms with Crippen LogP contribution in [0.3, 0.4) is 0 Å². The summed E-state index contributed by atoms with van der Waals surface area (Å²) < 4.78 is 5.99. The van der Waals surface area contributed by atoms with E-state index in [2.05, 4.69) is 26.0 Å². The second kappa shape index (κ2) is 4.86. The first-order chi connectivity index (χ1) is 11.9. The Kier molecular flexibility index (Phi) is 3.08. The zero-order valence-corrected chi connectivity index (χ0v) is 15.3. The maximum absolute atomic E-state index is 11.9. The summed E-state index contributed by atoms with van der Waals surface area (Å²) in [6.45, 7) is 4.78. The number of allylic oxidation sites excluding steroid dienone is 4. The van der Waals surface area contributed by atoms with Gasteiger partial charge in [-0.25, -0.2) is 0 Å². The summed E-state index contributed by atoms with van der Waals surface area (Å²) in [6, 6.07) is 0. The molecule has 1 saturated heterocycles. The first kappa shape index (κ1) is 15.8. The van der Waals surface area contributed by atoms with E-state index in [1.165, 1.54) is 18.4 Å². The molecule has 0 bridgehead atoms. The van der Waals surface area contributed by atoms with E-state index in [0.29, 0.717) is 30.6 Å². The third kappa shape index (κ3) is 1.88. The van der Waals surface area contributed by atoms with Gasteiger partial charge in [-0.3, -0.25) is 9.59 Å². The van der Waals surface area contributed by atoms with Crippen LogP contribution in [0, 0.1) is 28.6 Å². The number of ether oxygens (including phenoxy) is 1. The minimum Gasteiger partial charge on any atom is -0.458 e. The highest BCUT2D eigenvalue weighted by Crippen LogP contribution is 2.68. The van der Waals surface area contributed by atoms with Gasteiger partial charge in [0.2, 0.25) is 0 Å². The molecule has 0 radical (unpaired) electrons. The molecule has 5 rings (SSSR count). The van der Waals surface area contributed by atoms with Crippen molar-refractivity contribution >= 4 is 11.8 Å². The quantitative estimate of drug-likeness (QED) is 0.615. The number of hydrogen-bond donors (Lipinski definition) is 0. The van der Waals surface area contributed by atoms with Gasteiger partial charge in [-0.05, 0) is 73.3 Å². The van der Waals surface area contributed by atoms with Crippen LogP contribution in [0.1, 0.15) is 65.2 Å². The smallest absolute Gasteiger partial charge is 0.306 e. The van der Waals surface area contributed by atoms with Crippen molar-refractivity contribution < 1.29 is 14.3 Å². The van der Waals surface area contributed by atoms with Gasteiger partial charge in [0, 0.05) is 18.3 Å². The lowest BCUT2D eigenvalue weighted by atomic mass is 9.48. The number of esters is 1. The molecule has 0 aromatic rings. The van der Waals surface area contributed by atoms with Gasteiger partial charge in [0.15, 0.2) is 5.78 Å². The lowest BCUT2D eigenvalue weighted by Gasteiger charge is -2.57. The Bertz CT molecular complexity index is 719. The summed E-state index contributed by atoms with van der Waals surface area (Å²) in [6.07, 6.45) is 14.3. The maximum atomic E-state index is 11.9. The van der Waals surface area contributed by atoms with Crippen molar-refractivity contribution in [2.45, 2.75) is 70.8 Å². The van der Waals surface area contributed by atoms with Crippen LogP contribution >= 0.6 is 0 Å². The predicted molar refractivity (Wildman–Crippen MR) is 94.7 cm³/mol. The molecule has 134 valence electrons. The van der Waals surface area contributed by atoms with Crippen LogP contribution in [0.5, 0.6) is 0 Å². The first-order valence-electron chi connectivity index (χ1n) is 10.0. The van der Waals surface area contributed by atoms with Gasteiger partial charge in [0.05, 0.1) is 0 Å². The molecule has 0 N–H and O–H groups in total. The molecule has 6 atom stereocenters. The third-order valence-electron chi connectivity index (χ3n) is 8.85. The standard InChI is InChI=1S/C22H28O3/c1-20-9-5-15(23)13-14(20)3-4-16-17(20)6-10-21(2)18(16)7-11-22(21)12-8-19(24)25-22/h3-4,13,16-18H,5-12H2,1-2H3/t16-,17+,18+,20-,21+,22+/m0/s1. The van der Waals surface area contributed by atoms with Crippen molar-refractivity contribution in [3.8, 4) is 0 Å². The van der Waals surface area contributed by atoms with Crippen LogP contribution in [0.4, 0.5) is 0 Å². The molecular formula is C22H28O3. The number of hydrogen-bond acceptors (Lipinski definition) is 3. The highest BCUT2D eigenvalue weighted by molar-refractivity contribution is 5.92. The van der Waals surface area contributed by atoms with Gasteiger partial charge >= 0.3 is 5.97 Å². The van der Waals surface area contributed by atoms with Crippen LogP contribution in [0.15, 0.2) is 23.8 Å². The topological polar surface area (TPSA) is 43.4 Å². The number of carbonyl (C=O) groups is 2. The molecule has 0 unspecified atom stereocenters. The molecule has 3 fully saturated rings. The van der Waals surface area contributed by atoms with Crippen LogP contribution < -0.4 is 0 Å². The summed E-state index contributed by atoms with van der Waals surface area (Å²) >= 11 is 0. The Labute approximate surface area is 149 Å². The molecule has 1 heterocycles. The lowest BCUT2D eigenvalue weighted by Crippen LogP contribution is -2.53. The SMILES string of the molecule is C[C@]12CCC(=O)C=C1C=C[C@H]1[C@H]2CC[C@]2(C)[C@@H]1CC[C@@]21CCC(=O)O1. The minimum absolute atomic E-state index is 0.00570. The zero-order valence-electron chi connectivity index (χ0n) is 15.3. The average Bonchev–Trinajstić information content (AvgIpc) is 3.10.